The van der Waals surface area contributed by atoms with E-state index >= 15 is 0 Å². The van der Waals surface area contributed by atoms with E-state index in [4.69, 9.17) is 10.5 Å². The van der Waals surface area contributed by atoms with Crippen molar-refractivity contribution in [3.8, 4) is 5.69 Å². The van der Waals surface area contributed by atoms with Gasteiger partial charge in [0.25, 0.3) is 0 Å². The Balaban J connectivity index is 2.07. The predicted octanol–water partition coefficient (Wildman–Crippen LogP) is 3.13. The lowest BCUT2D eigenvalue weighted by Crippen LogP contribution is -2.61. The van der Waals surface area contributed by atoms with E-state index in [9.17, 15) is 22.8 Å². The topological polar surface area (TPSA) is 90.4 Å². The van der Waals surface area contributed by atoms with Gasteiger partial charge in [-0.15, -0.1) is 0 Å². The second-order valence-electron chi connectivity index (χ2n) is 8.90. The molecule has 1 aromatic heterocycles. The van der Waals surface area contributed by atoms with Gasteiger partial charge < -0.3 is 15.4 Å². The number of nitrogens with two attached hydrogens (primary N) is 1. The molecule has 2 aromatic rings. The van der Waals surface area contributed by atoms with Gasteiger partial charge in [-0.3, -0.25) is 4.79 Å². The first-order chi connectivity index (χ1) is 14.2. The zero-order chi connectivity index (χ0) is 23.4. The van der Waals surface area contributed by atoms with Crippen LogP contribution in [0.15, 0.2) is 24.3 Å². The number of nitrogen functional groups attached to an aromatic ring is 1. The number of aromatic nitrogens is 2. The molecule has 1 aromatic carbocycles. The molecule has 168 valence electrons. The first-order valence-electron chi connectivity index (χ1n) is 9.64. The zero-order valence-electron chi connectivity index (χ0n) is 18.0. The summed E-state index contributed by atoms with van der Waals surface area (Å²) in [6, 6.07) is 6.82. The Morgan fingerprint density at radius 2 is 1.81 bits per heavy atom. The first kappa shape index (κ1) is 22.6. The van der Waals surface area contributed by atoms with E-state index in [2.05, 4.69) is 5.10 Å². The summed E-state index contributed by atoms with van der Waals surface area (Å²) in [5.41, 5.74) is 6.51. The maximum Gasteiger partial charge on any atom is 0.471 e. The number of amides is 1. The van der Waals surface area contributed by atoms with Crippen LogP contribution in [-0.4, -0.2) is 45.4 Å². The number of ether oxygens (including phenoxy) is 1. The fourth-order valence-electron chi connectivity index (χ4n) is 3.69. The lowest BCUT2D eigenvalue weighted by atomic mass is 9.83. The summed E-state index contributed by atoms with van der Waals surface area (Å²) in [7, 11) is 1.08. The number of carbonyl (C=O) groups is 2. The summed E-state index contributed by atoms with van der Waals surface area (Å²) < 4.78 is 46.0. The molecule has 0 fully saturated rings. The average molecular weight is 438 g/mol. The van der Waals surface area contributed by atoms with Crippen LogP contribution in [0.2, 0.25) is 0 Å². The summed E-state index contributed by atoms with van der Waals surface area (Å²) >= 11 is 0. The molecule has 0 spiro atoms. The number of fused-ring (bicyclic) bond motifs is 1. The Kier molecular flexibility index (Phi) is 5.32. The second-order valence-corrected chi connectivity index (χ2v) is 8.90. The SMILES string of the molecule is COC(=O)C1(C)Cc2ccc(-n3nc(C(C)(C)C)cc3N)cc2CN1C(=O)C(F)(F)F. The fraction of sp³-hybridized carbons (Fsp3) is 0.476. The Morgan fingerprint density at radius 3 is 2.32 bits per heavy atom. The van der Waals surface area contributed by atoms with E-state index in [0.29, 0.717) is 27.5 Å². The molecule has 2 heterocycles. The van der Waals surface area contributed by atoms with Crippen molar-refractivity contribution in [2.75, 3.05) is 12.8 Å². The van der Waals surface area contributed by atoms with Gasteiger partial charge in [-0.05, 0) is 30.2 Å². The molecule has 0 saturated carbocycles. The zero-order valence-corrected chi connectivity index (χ0v) is 18.0. The molecule has 1 aliphatic heterocycles. The van der Waals surface area contributed by atoms with Crippen molar-refractivity contribution in [2.24, 2.45) is 0 Å². The number of methoxy groups -OCH3 is 1. The van der Waals surface area contributed by atoms with Crippen molar-refractivity contribution in [1.82, 2.24) is 14.7 Å². The third kappa shape index (κ3) is 3.98. The molecule has 31 heavy (non-hydrogen) atoms. The van der Waals surface area contributed by atoms with Crippen LogP contribution < -0.4 is 5.73 Å². The van der Waals surface area contributed by atoms with Gasteiger partial charge in [-0.2, -0.15) is 18.3 Å². The number of carbonyl (C=O) groups excluding carboxylic acids is 2. The predicted molar refractivity (Wildman–Crippen MR) is 107 cm³/mol. The summed E-state index contributed by atoms with van der Waals surface area (Å²) in [5, 5.41) is 4.52. The van der Waals surface area contributed by atoms with Gasteiger partial charge in [0, 0.05) is 24.4 Å². The smallest absolute Gasteiger partial charge is 0.467 e. The van der Waals surface area contributed by atoms with E-state index in [1.165, 1.54) is 11.6 Å². The van der Waals surface area contributed by atoms with Crippen LogP contribution in [0, 0.1) is 0 Å². The van der Waals surface area contributed by atoms with Gasteiger partial charge in [-0.1, -0.05) is 26.8 Å². The summed E-state index contributed by atoms with van der Waals surface area (Å²) in [6.45, 7) is 6.83. The summed E-state index contributed by atoms with van der Waals surface area (Å²) in [5.74, 6) is -2.63. The summed E-state index contributed by atoms with van der Waals surface area (Å²) in [4.78, 5) is 25.0. The van der Waals surface area contributed by atoms with Crippen LogP contribution in [0.3, 0.4) is 0 Å². The van der Waals surface area contributed by atoms with Crippen LogP contribution in [0.4, 0.5) is 19.0 Å². The number of rotatable bonds is 2. The average Bonchev–Trinajstić information content (AvgIpc) is 3.07. The van der Waals surface area contributed by atoms with Crippen molar-refractivity contribution in [3.63, 3.8) is 0 Å². The van der Waals surface area contributed by atoms with E-state index < -0.39 is 30.1 Å². The van der Waals surface area contributed by atoms with Crippen LogP contribution in [0.1, 0.15) is 44.5 Å². The first-order valence-corrected chi connectivity index (χ1v) is 9.64. The molecule has 1 unspecified atom stereocenters. The molecule has 0 aliphatic carbocycles. The quantitative estimate of drug-likeness (QED) is 0.728. The number of alkyl halides is 3. The van der Waals surface area contributed by atoms with Gasteiger partial charge >= 0.3 is 18.1 Å². The van der Waals surface area contributed by atoms with Crippen molar-refractivity contribution in [2.45, 2.75) is 57.8 Å². The standard InChI is InChI=1S/C21H25F3N4O3/c1-19(2,3)15-9-16(25)28(26-15)14-7-6-12-10-20(4,18(30)31-5)27(11-13(12)8-14)17(29)21(22,23)24/h6-9H,10-11,25H2,1-5H3. The maximum absolute atomic E-state index is 13.3. The number of esters is 1. The monoisotopic (exact) mass is 438 g/mol. The Morgan fingerprint density at radius 1 is 1.16 bits per heavy atom. The van der Waals surface area contributed by atoms with Gasteiger partial charge in [0.1, 0.15) is 11.4 Å². The lowest BCUT2D eigenvalue weighted by molar-refractivity contribution is -0.196. The molecule has 0 radical (unpaired) electrons. The van der Waals surface area contributed by atoms with Crippen molar-refractivity contribution >= 4 is 17.7 Å². The van der Waals surface area contributed by atoms with Gasteiger partial charge in [0.05, 0.1) is 18.5 Å². The van der Waals surface area contributed by atoms with Gasteiger partial charge in [0.2, 0.25) is 0 Å². The highest BCUT2D eigenvalue weighted by atomic mass is 19.4. The van der Waals surface area contributed by atoms with Crippen molar-refractivity contribution in [3.05, 3.63) is 41.1 Å². The normalized spacial score (nSPS) is 19.2. The number of anilines is 1. The van der Waals surface area contributed by atoms with Crippen molar-refractivity contribution < 1.29 is 27.5 Å². The number of benzene rings is 1. The minimum absolute atomic E-state index is 0.112. The lowest BCUT2D eigenvalue weighted by Gasteiger charge is -2.43. The van der Waals surface area contributed by atoms with E-state index in [-0.39, 0.29) is 11.8 Å². The number of hydrogen-bond donors (Lipinski definition) is 1. The van der Waals surface area contributed by atoms with Crippen molar-refractivity contribution in [1.29, 1.82) is 0 Å². The number of hydrogen-bond acceptors (Lipinski definition) is 5. The van der Waals surface area contributed by atoms with E-state index in [1.54, 1.807) is 24.3 Å². The molecule has 10 heteroatoms. The molecule has 3 rings (SSSR count). The molecule has 1 aliphatic rings. The second kappa shape index (κ2) is 7.28. The van der Waals surface area contributed by atoms with E-state index in [1.807, 2.05) is 20.8 Å². The molecule has 1 atom stereocenters. The molecular weight excluding hydrogens is 413 g/mol. The molecule has 7 nitrogen and oxygen atoms in total. The third-order valence-corrected chi connectivity index (χ3v) is 5.51. The molecular formula is C21H25F3N4O3. The van der Waals surface area contributed by atoms with Gasteiger partial charge in [0.15, 0.2) is 0 Å². The fourth-order valence-corrected chi connectivity index (χ4v) is 3.69. The Labute approximate surface area is 178 Å². The minimum Gasteiger partial charge on any atom is -0.467 e. The van der Waals surface area contributed by atoms with Gasteiger partial charge in [-0.25, -0.2) is 9.48 Å². The molecule has 0 saturated heterocycles. The highest BCUT2D eigenvalue weighted by Gasteiger charge is 2.53. The van der Waals surface area contributed by atoms with Crippen LogP contribution in [0.25, 0.3) is 5.69 Å². The Hall–Kier alpha value is -3.04. The molecule has 0 bridgehead atoms. The van der Waals surface area contributed by atoms with Crippen LogP contribution in [-0.2, 0) is 32.7 Å². The summed E-state index contributed by atoms with van der Waals surface area (Å²) in [6.07, 6.45) is -5.24. The highest BCUT2D eigenvalue weighted by Crippen LogP contribution is 2.36. The molecule has 2 N–H and O–H groups in total. The maximum atomic E-state index is 13.3. The molecule has 1 amide bonds. The largest absolute Gasteiger partial charge is 0.471 e. The Bertz CT molecular complexity index is 1040. The van der Waals surface area contributed by atoms with Crippen LogP contribution >= 0.6 is 0 Å². The van der Waals surface area contributed by atoms with Crippen LogP contribution in [0.5, 0.6) is 0 Å². The highest BCUT2D eigenvalue weighted by molar-refractivity contribution is 5.91. The minimum atomic E-state index is -5.13. The third-order valence-electron chi connectivity index (χ3n) is 5.51. The number of halogens is 3. The number of nitrogens with zero attached hydrogens (tertiary/aromatic N) is 3. The van der Waals surface area contributed by atoms with E-state index in [0.717, 1.165) is 12.8 Å².